The molecule has 3 heteroatoms. The number of carbonyl (C=O) groups excluding carboxylic acids is 1. The molecule has 0 atom stereocenters. The van der Waals surface area contributed by atoms with E-state index in [2.05, 4.69) is 50.8 Å². The fraction of sp³-hybridized carbons (Fsp3) is 0.550. The smallest absolute Gasteiger partial charge is 0.333 e. The SMILES string of the molecule is C=C(C)C(=O)OCC[Si](CCCC)(CCCC)c1ccccc1. The van der Waals surface area contributed by atoms with Gasteiger partial charge in [0.15, 0.2) is 0 Å². The molecule has 0 aliphatic heterocycles. The van der Waals surface area contributed by atoms with Crippen LogP contribution in [0.4, 0.5) is 0 Å². The summed E-state index contributed by atoms with van der Waals surface area (Å²) in [7, 11) is -1.62. The van der Waals surface area contributed by atoms with Crippen molar-refractivity contribution in [1.29, 1.82) is 0 Å². The summed E-state index contributed by atoms with van der Waals surface area (Å²) in [5.74, 6) is -0.257. The Hall–Kier alpha value is -1.35. The number of unbranched alkanes of at least 4 members (excludes halogenated alkanes) is 2. The molecule has 128 valence electrons. The Morgan fingerprint density at radius 3 is 2.09 bits per heavy atom. The summed E-state index contributed by atoms with van der Waals surface area (Å²) in [6, 6.07) is 14.6. The quantitative estimate of drug-likeness (QED) is 0.321. The van der Waals surface area contributed by atoms with Crippen LogP contribution in [0, 0.1) is 0 Å². The van der Waals surface area contributed by atoms with E-state index in [4.69, 9.17) is 4.74 Å². The Morgan fingerprint density at radius 2 is 1.61 bits per heavy atom. The van der Waals surface area contributed by atoms with Gasteiger partial charge in [0.25, 0.3) is 0 Å². The number of ether oxygens (including phenoxy) is 1. The van der Waals surface area contributed by atoms with Crippen LogP contribution in [0.2, 0.25) is 18.1 Å². The molecular formula is C20H32O2Si. The molecule has 0 aromatic heterocycles. The summed E-state index contributed by atoms with van der Waals surface area (Å²) < 4.78 is 5.44. The first-order valence-corrected chi connectivity index (χ1v) is 11.6. The minimum absolute atomic E-state index is 0.257. The standard InChI is InChI=1S/C20H32O2Si/c1-5-7-15-23(16-8-6-2,19-12-10-9-11-13-19)17-14-22-20(21)18(3)4/h9-13H,3,5-8,14-17H2,1-2,4H3. The molecule has 23 heavy (non-hydrogen) atoms. The Labute approximate surface area is 143 Å². The van der Waals surface area contributed by atoms with E-state index >= 15 is 0 Å². The van der Waals surface area contributed by atoms with Crippen molar-refractivity contribution in [3.63, 3.8) is 0 Å². The molecule has 2 nitrogen and oxygen atoms in total. The molecule has 0 saturated heterocycles. The number of esters is 1. The molecule has 0 N–H and O–H groups in total. The van der Waals surface area contributed by atoms with Gasteiger partial charge in [-0.05, 0) is 13.0 Å². The first-order valence-electron chi connectivity index (χ1n) is 8.94. The van der Waals surface area contributed by atoms with Crippen LogP contribution in [0.3, 0.4) is 0 Å². The summed E-state index contributed by atoms with van der Waals surface area (Å²) >= 11 is 0. The highest BCUT2D eigenvalue weighted by Gasteiger charge is 2.33. The Morgan fingerprint density at radius 1 is 1.04 bits per heavy atom. The van der Waals surface area contributed by atoms with Gasteiger partial charge >= 0.3 is 5.97 Å². The van der Waals surface area contributed by atoms with E-state index < -0.39 is 8.07 Å². The third-order valence-corrected chi connectivity index (χ3v) is 9.91. The second-order valence-electron chi connectivity index (χ2n) is 6.52. The van der Waals surface area contributed by atoms with E-state index in [1.807, 2.05) is 0 Å². The maximum absolute atomic E-state index is 11.7. The van der Waals surface area contributed by atoms with E-state index in [0.29, 0.717) is 12.2 Å². The zero-order valence-corrected chi connectivity index (χ0v) is 16.1. The van der Waals surface area contributed by atoms with Crippen molar-refractivity contribution in [2.45, 2.75) is 64.6 Å². The van der Waals surface area contributed by atoms with Gasteiger partial charge in [0.05, 0.1) is 14.7 Å². The fourth-order valence-corrected chi connectivity index (χ4v) is 8.16. The van der Waals surface area contributed by atoms with Crippen LogP contribution >= 0.6 is 0 Å². The Balaban J connectivity index is 2.91. The first kappa shape index (κ1) is 19.7. The van der Waals surface area contributed by atoms with Gasteiger partial charge < -0.3 is 4.74 Å². The predicted molar refractivity (Wildman–Crippen MR) is 102 cm³/mol. The molecule has 1 aromatic carbocycles. The van der Waals surface area contributed by atoms with E-state index in [-0.39, 0.29) is 5.97 Å². The second kappa shape index (κ2) is 10.4. The van der Waals surface area contributed by atoms with Gasteiger partial charge in [-0.2, -0.15) is 0 Å². The molecule has 0 fully saturated rings. The van der Waals surface area contributed by atoms with Crippen LogP contribution in [0.5, 0.6) is 0 Å². The highest BCUT2D eigenvalue weighted by molar-refractivity contribution is 6.92. The molecule has 1 aromatic rings. The van der Waals surface area contributed by atoms with Crippen LogP contribution in [0.25, 0.3) is 0 Å². The molecule has 0 radical (unpaired) electrons. The lowest BCUT2D eigenvalue weighted by molar-refractivity contribution is -0.138. The summed E-state index contributed by atoms with van der Waals surface area (Å²) in [6.07, 6.45) is 4.97. The molecule has 0 aliphatic carbocycles. The van der Waals surface area contributed by atoms with E-state index in [9.17, 15) is 4.79 Å². The van der Waals surface area contributed by atoms with Gasteiger partial charge in [0, 0.05) is 5.57 Å². The highest BCUT2D eigenvalue weighted by atomic mass is 28.3. The summed E-state index contributed by atoms with van der Waals surface area (Å²) in [4.78, 5) is 11.7. The molecule has 0 unspecified atom stereocenters. The predicted octanol–water partition coefficient (Wildman–Crippen LogP) is 5.06. The van der Waals surface area contributed by atoms with Gasteiger partial charge in [-0.15, -0.1) is 0 Å². The van der Waals surface area contributed by atoms with Crippen LogP contribution in [-0.4, -0.2) is 20.7 Å². The number of hydrogen-bond acceptors (Lipinski definition) is 2. The molecule has 0 aliphatic rings. The normalized spacial score (nSPS) is 11.3. The highest BCUT2D eigenvalue weighted by Crippen LogP contribution is 2.26. The number of rotatable bonds is 11. The van der Waals surface area contributed by atoms with Crippen molar-refractivity contribution >= 4 is 19.2 Å². The molecule has 1 rings (SSSR count). The Bertz CT molecular complexity index is 474. The minimum atomic E-state index is -1.62. The third kappa shape index (κ3) is 6.34. The maximum Gasteiger partial charge on any atom is 0.333 e. The van der Waals surface area contributed by atoms with Crippen molar-refractivity contribution in [2.75, 3.05) is 6.61 Å². The monoisotopic (exact) mass is 332 g/mol. The fourth-order valence-electron chi connectivity index (χ4n) is 3.09. The lowest BCUT2D eigenvalue weighted by atomic mass is 10.4. The molecule has 0 bridgehead atoms. The van der Waals surface area contributed by atoms with Crippen LogP contribution in [0.1, 0.15) is 46.5 Å². The lowest BCUT2D eigenvalue weighted by Crippen LogP contribution is -2.48. The minimum Gasteiger partial charge on any atom is -0.463 e. The van der Waals surface area contributed by atoms with Crippen LogP contribution < -0.4 is 5.19 Å². The van der Waals surface area contributed by atoms with Crippen LogP contribution in [0.15, 0.2) is 42.5 Å². The summed E-state index contributed by atoms with van der Waals surface area (Å²) in [6.45, 7) is 10.4. The zero-order chi connectivity index (χ0) is 17.1. The topological polar surface area (TPSA) is 26.3 Å². The largest absolute Gasteiger partial charge is 0.463 e. The van der Waals surface area contributed by atoms with Crippen molar-refractivity contribution in [3.05, 3.63) is 42.5 Å². The number of hydrogen-bond donors (Lipinski definition) is 0. The molecular weight excluding hydrogens is 300 g/mol. The maximum atomic E-state index is 11.7. The van der Waals surface area contributed by atoms with Gasteiger partial charge in [-0.3, -0.25) is 0 Å². The summed E-state index contributed by atoms with van der Waals surface area (Å²) in [5, 5.41) is 1.52. The van der Waals surface area contributed by atoms with E-state index in [0.717, 1.165) is 6.04 Å². The van der Waals surface area contributed by atoms with Gasteiger partial charge in [0.2, 0.25) is 0 Å². The first-order chi connectivity index (χ1) is 11.1. The van der Waals surface area contributed by atoms with Crippen LogP contribution in [-0.2, 0) is 9.53 Å². The van der Waals surface area contributed by atoms with E-state index in [1.165, 1.54) is 43.0 Å². The number of benzene rings is 1. The zero-order valence-electron chi connectivity index (χ0n) is 15.1. The van der Waals surface area contributed by atoms with Gasteiger partial charge in [-0.1, -0.05) is 93.7 Å². The second-order valence-corrected chi connectivity index (χ2v) is 11.2. The average Bonchev–Trinajstić information content (AvgIpc) is 2.57. The van der Waals surface area contributed by atoms with E-state index in [1.54, 1.807) is 6.92 Å². The molecule has 0 amide bonds. The van der Waals surface area contributed by atoms with Crippen molar-refractivity contribution < 1.29 is 9.53 Å². The van der Waals surface area contributed by atoms with Gasteiger partial charge in [-0.25, -0.2) is 4.79 Å². The van der Waals surface area contributed by atoms with Gasteiger partial charge in [0.1, 0.15) is 0 Å². The number of carbonyl (C=O) groups is 1. The molecule has 0 heterocycles. The Kier molecular flexibility index (Phi) is 8.93. The lowest BCUT2D eigenvalue weighted by Gasteiger charge is -2.32. The summed E-state index contributed by atoms with van der Waals surface area (Å²) in [5.41, 5.74) is 0.485. The molecule has 0 saturated carbocycles. The average molecular weight is 333 g/mol. The van der Waals surface area contributed by atoms with Crippen molar-refractivity contribution in [1.82, 2.24) is 0 Å². The third-order valence-electron chi connectivity index (χ3n) is 4.57. The van der Waals surface area contributed by atoms with Crippen molar-refractivity contribution in [3.8, 4) is 0 Å². The van der Waals surface area contributed by atoms with Crippen molar-refractivity contribution in [2.24, 2.45) is 0 Å². The molecule has 0 spiro atoms.